The van der Waals surface area contributed by atoms with Crippen LogP contribution in [0.15, 0.2) is 72.8 Å². The molecule has 0 saturated heterocycles. The predicted molar refractivity (Wildman–Crippen MR) is 127 cm³/mol. The molecule has 33 heavy (non-hydrogen) atoms. The molecule has 0 fully saturated rings. The van der Waals surface area contributed by atoms with Crippen molar-refractivity contribution in [2.75, 3.05) is 7.11 Å². The first kappa shape index (κ1) is 22.6. The Morgan fingerprint density at radius 1 is 0.727 bits per heavy atom. The highest BCUT2D eigenvalue weighted by atomic mass is 19.1. The summed E-state index contributed by atoms with van der Waals surface area (Å²) in [5, 5.41) is 10.3. The van der Waals surface area contributed by atoms with Crippen LogP contribution in [0.5, 0.6) is 0 Å². The summed E-state index contributed by atoms with van der Waals surface area (Å²) in [6.07, 6.45) is 2.77. The van der Waals surface area contributed by atoms with Crippen LogP contribution in [0.1, 0.15) is 33.4 Å². The van der Waals surface area contributed by atoms with E-state index < -0.39 is 5.82 Å². The van der Waals surface area contributed by atoms with Crippen molar-refractivity contribution in [1.29, 1.82) is 5.26 Å². The fraction of sp³-hybridized carbons (Fsp3) is 0.207. The quantitative estimate of drug-likeness (QED) is 0.305. The van der Waals surface area contributed by atoms with Crippen LogP contribution in [0.2, 0.25) is 0 Å². The number of nitriles is 1. The molecular formula is C29H25F2NO. The molecule has 4 rings (SSSR count). The summed E-state index contributed by atoms with van der Waals surface area (Å²) in [5.74, 6) is -0.755. The Bertz CT molecular complexity index is 1310. The number of hydrogen-bond donors (Lipinski definition) is 0. The minimum Gasteiger partial charge on any atom is -0.380 e. The van der Waals surface area contributed by atoms with Gasteiger partial charge in [0, 0.05) is 12.5 Å². The number of hydrogen-bond acceptors (Lipinski definition) is 2. The van der Waals surface area contributed by atoms with E-state index in [9.17, 15) is 4.39 Å². The topological polar surface area (TPSA) is 33.0 Å². The van der Waals surface area contributed by atoms with E-state index in [0.717, 1.165) is 29.4 Å². The van der Waals surface area contributed by atoms with E-state index in [1.165, 1.54) is 23.3 Å². The number of benzene rings is 4. The molecule has 4 heteroatoms. The highest BCUT2D eigenvalue weighted by molar-refractivity contribution is 5.84. The lowest BCUT2D eigenvalue weighted by Crippen LogP contribution is -1.98. The van der Waals surface area contributed by atoms with Crippen molar-refractivity contribution in [2.24, 2.45) is 0 Å². The first-order valence-electron chi connectivity index (χ1n) is 11.0. The lowest BCUT2D eigenvalue weighted by Gasteiger charge is -2.10. The Labute approximate surface area is 193 Å². The minimum absolute atomic E-state index is 0.0227. The van der Waals surface area contributed by atoms with Gasteiger partial charge < -0.3 is 4.74 Å². The van der Waals surface area contributed by atoms with E-state index in [2.05, 4.69) is 30.3 Å². The second-order valence-electron chi connectivity index (χ2n) is 8.27. The monoisotopic (exact) mass is 441 g/mol. The fourth-order valence-electron chi connectivity index (χ4n) is 4.08. The Morgan fingerprint density at radius 2 is 1.36 bits per heavy atom. The number of nitrogens with zero attached hydrogens (tertiary/aromatic N) is 1. The van der Waals surface area contributed by atoms with Crippen LogP contribution in [0.3, 0.4) is 0 Å². The molecule has 0 aliphatic heterocycles. The Morgan fingerprint density at radius 3 is 2.09 bits per heavy atom. The van der Waals surface area contributed by atoms with Gasteiger partial charge >= 0.3 is 0 Å². The number of rotatable bonds is 8. The molecule has 0 atom stereocenters. The molecule has 0 spiro atoms. The van der Waals surface area contributed by atoms with E-state index >= 15 is 4.39 Å². The molecule has 0 N–H and O–H groups in total. The maximum atomic E-state index is 15.1. The summed E-state index contributed by atoms with van der Waals surface area (Å²) in [6, 6.07) is 24.5. The zero-order valence-electron chi connectivity index (χ0n) is 18.6. The van der Waals surface area contributed by atoms with Crippen LogP contribution in [-0.4, -0.2) is 7.11 Å². The third-order valence-electron chi connectivity index (χ3n) is 5.97. The lowest BCUT2D eigenvalue weighted by atomic mass is 9.97. The summed E-state index contributed by atoms with van der Waals surface area (Å²) in [6.45, 7) is 0.614. The molecule has 4 aromatic rings. The van der Waals surface area contributed by atoms with E-state index in [1.54, 1.807) is 13.2 Å². The number of halogens is 2. The normalized spacial score (nSPS) is 11.0. The van der Waals surface area contributed by atoms with Gasteiger partial charge in [0.25, 0.3) is 0 Å². The van der Waals surface area contributed by atoms with E-state index in [-0.39, 0.29) is 11.4 Å². The second-order valence-corrected chi connectivity index (χ2v) is 8.27. The van der Waals surface area contributed by atoms with E-state index in [1.807, 2.05) is 30.3 Å². The highest BCUT2D eigenvalue weighted by Crippen LogP contribution is 2.24. The maximum Gasteiger partial charge on any atom is 0.141 e. The highest BCUT2D eigenvalue weighted by Gasteiger charge is 2.10. The van der Waals surface area contributed by atoms with Gasteiger partial charge in [-0.3, -0.25) is 0 Å². The van der Waals surface area contributed by atoms with Crippen molar-refractivity contribution in [3.8, 4) is 6.07 Å². The van der Waals surface area contributed by atoms with Gasteiger partial charge in [-0.2, -0.15) is 5.26 Å². The van der Waals surface area contributed by atoms with Gasteiger partial charge in [-0.1, -0.05) is 60.7 Å². The summed E-state index contributed by atoms with van der Waals surface area (Å²) >= 11 is 0. The van der Waals surface area contributed by atoms with Gasteiger partial charge in [0.1, 0.15) is 17.7 Å². The molecule has 0 aromatic heterocycles. The minimum atomic E-state index is -0.535. The van der Waals surface area contributed by atoms with Crippen molar-refractivity contribution >= 4 is 10.8 Å². The Kier molecular flexibility index (Phi) is 7.12. The molecule has 2 nitrogen and oxygen atoms in total. The first-order chi connectivity index (χ1) is 16.1. The molecule has 0 radical (unpaired) electrons. The van der Waals surface area contributed by atoms with Crippen molar-refractivity contribution < 1.29 is 13.5 Å². The van der Waals surface area contributed by atoms with Gasteiger partial charge in [0.15, 0.2) is 0 Å². The van der Waals surface area contributed by atoms with Crippen LogP contribution >= 0.6 is 0 Å². The van der Waals surface area contributed by atoms with Crippen LogP contribution in [-0.2, 0) is 37.0 Å². The predicted octanol–water partition coefficient (Wildman–Crippen LogP) is 6.71. The smallest absolute Gasteiger partial charge is 0.141 e. The van der Waals surface area contributed by atoms with Crippen LogP contribution in [0.25, 0.3) is 10.8 Å². The average Bonchev–Trinajstić information content (AvgIpc) is 2.83. The van der Waals surface area contributed by atoms with Crippen molar-refractivity contribution in [2.45, 2.75) is 32.3 Å². The lowest BCUT2D eigenvalue weighted by molar-refractivity contribution is 0.185. The summed E-state index contributed by atoms with van der Waals surface area (Å²) in [5.41, 5.74) is 4.96. The summed E-state index contributed by atoms with van der Waals surface area (Å²) < 4.78 is 34.1. The third kappa shape index (κ3) is 5.45. The molecule has 0 aliphatic carbocycles. The molecule has 0 amide bonds. The standard InChI is InChI=1S/C29H25F2NO/c1-33-19-23-6-3-20(4-7-23)2-5-21-10-15-27-25(16-21)14-13-24(29(27)31)11-8-22-9-12-26(18-32)28(30)17-22/h3-4,6-7,9-10,12-17H,2,5,8,11,19H2,1H3. The van der Waals surface area contributed by atoms with Crippen molar-refractivity contribution in [3.05, 3.63) is 118 Å². The first-order valence-corrected chi connectivity index (χ1v) is 11.0. The van der Waals surface area contributed by atoms with Gasteiger partial charge in [0.2, 0.25) is 0 Å². The molecule has 0 bridgehead atoms. The number of fused-ring (bicyclic) bond motifs is 1. The molecular weight excluding hydrogens is 416 g/mol. The van der Waals surface area contributed by atoms with E-state index in [4.69, 9.17) is 10.00 Å². The van der Waals surface area contributed by atoms with Gasteiger partial charge in [0.05, 0.1) is 12.2 Å². The molecule has 0 heterocycles. The van der Waals surface area contributed by atoms with Crippen LogP contribution in [0.4, 0.5) is 8.78 Å². The van der Waals surface area contributed by atoms with Gasteiger partial charge in [-0.15, -0.1) is 0 Å². The zero-order valence-corrected chi connectivity index (χ0v) is 18.6. The average molecular weight is 442 g/mol. The molecule has 0 aliphatic rings. The van der Waals surface area contributed by atoms with Crippen LogP contribution < -0.4 is 0 Å². The number of aryl methyl sites for hydroxylation is 4. The maximum absolute atomic E-state index is 15.1. The third-order valence-corrected chi connectivity index (χ3v) is 5.97. The molecule has 0 unspecified atom stereocenters. The SMILES string of the molecule is COCc1ccc(CCc2ccc3c(F)c(CCc4ccc(C#N)c(F)c4)ccc3c2)cc1. The zero-order chi connectivity index (χ0) is 23.2. The summed E-state index contributed by atoms with van der Waals surface area (Å²) in [4.78, 5) is 0. The number of methoxy groups -OCH3 is 1. The Balaban J connectivity index is 1.43. The van der Waals surface area contributed by atoms with Crippen LogP contribution in [0, 0.1) is 23.0 Å². The van der Waals surface area contributed by atoms with Crippen molar-refractivity contribution in [1.82, 2.24) is 0 Å². The molecule has 0 saturated carbocycles. The Hall–Kier alpha value is -3.55. The van der Waals surface area contributed by atoms with E-state index in [0.29, 0.717) is 30.4 Å². The number of ether oxygens (including phenoxy) is 1. The molecule has 166 valence electrons. The van der Waals surface area contributed by atoms with Crippen molar-refractivity contribution in [3.63, 3.8) is 0 Å². The fourth-order valence-corrected chi connectivity index (χ4v) is 4.08. The molecule has 4 aromatic carbocycles. The largest absolute Gasteiger partial charge is 0.380 e. The second kappa shape index (κ2) is 10.4. The summed E-state index contributed by atoms with van der Waals surface area (Å²) in [7, 11) is 1.69. The van der Waals surface area contributed by atoms with Gasteiger partial charge in [-0.05, 0) is 71.0 Å². The van der Waals surface area contributed by atoms with Gasteiger partial charge in [-0.25, -0.2) is 8.78 Å².